The molecule has 0 saturated heterocycles. The van der Waals surface area contributed by atoms with Crippen molar-refractivity contribution in [1.29, 1.82) is 0 Å². The minimum atomic E-state index is -3.33. The van der Waals surface area contributed by atoms with E-state index in [-0.39, 0.29) is 5.75 Å². The third-order valence-electron chi connectivity index (χ3n) is 3.38. The van der Waals surface area contributed by atoms with Gasteiger partial charge in [-0.25, -0.2) is 13.6 Å². The van der Waals surface area contributed by atoms with Crippen LogP contribution in [0, 0.1) is 6.92 Å². The first-order chi connectivity index (χ1) is 8.46. The fourth-order valence-electron chi connectivity index (χ4n) is 2.48. The highest BCUT2D eigenvalue weighted by Crippen LogP contribution is 2.31. The Bertz CT molecular complexity index is 526. The van der Waals surface area contributed by atoms with Crippen molar-refractivity contribution < 1.29 is 8.42 Å². The van der Waals surface area contributed by atoms with Crippen LogP contribution < -0.4 is 10.5 Å². The second kappa shape index (κ2) is 5.38. The van der Waals surface area contributed by atoms with E-state index < -0.39 is 10.0 Å². The van der Waals surface area contributed by atoms with Crippen molar-refractivity contribution in [1.82, 2.24) is 5.32 Å². The summed E-state index contributed by atoms with van der Waals surface area (Å²) in [5.74, 6) is 0.0490. The Kier molecular flexibility index (Phi) is 4.04. The molecule has 3 N–H and O–H groups in total. The van der Waals surface area contributed by atoms with E-state index >= 15 is 0 Å². The van der Waals surface area contributed by atoms with E-state index in [0.717, 1.165) is 12.8 Å². The summed E-state index contributed by atoms with van der Waals surface area (Å²) in [7, 11) is -3.33. The van der Waals surface area contributed by atoms with Crippen molar-refractivity contribution in [2.75, 3.05) is 12.3 Å². The van der Waals surface area contributed by atoms with Gasteiger partial charge in [-0.3, -0.25) is 0 Å². The van der Waals surface area contributed by atoms with Crippen molar-refractivity contribution in [2.24, 2.45) is 5.14 Å². The van der Waals surface area contributed by atoms with Gasteiger partial charge in [0.2, 0.25) is 10.0 Å². The van der Waals surface area contributed by atoms with Gasteiger partial charge in [-0.15, -0.1) is 0 Å². The normalized spacial score (nSPS) is 18.9. The summed E-state index contributed by atoms with van der Waals surface area (Å²) in [6, 6.07) is 6.92. The van der Waals surface area contributed by atoms with Gasteiger partial charge >= 0.3 is 0 Å². The number of rotatable bonds is 5. The summed E-state index contributed by atoms with van der Waals surface area (Å²) >= 11 is 0. The number of fused-ring (bicyclic) bond motifs is 1. The number of sulfonamides is 1. The van der Waals surface area contributed by atoms with Crippen LogP contribution in [0.25, 0.3) is 0 Å². The van der Waals surface area contributed by atoms with Crippen LogP contribution in [0.15, 0.2) is 18.2 Å². The maximum absolute atomic E-state index is 10.8. The Balaban J connectivity index is 1.88. The lowest BCUT2D eigenvalue weighted by Crippen LogP contribution is -2.24. The summed E-state index contributed by atoms with van der Waals surface area (Å²) in [4.78, 5) is 0. The third-order valence-corrected chi connectivity index (χ3v) is 4.23. The molecule has 0 spiro atoms. The number of nitrogens with one attached hydrogen (secondary N) is 1. The number of nitrogens with two attached hydrogens (primary N) is 1. The highest BCUT2D eigenvalue weighted by Gasteiger charge is 2.21. The van der Waals surface area contributed by atoms with Crippen molar-refractivity contribution in [3.63, 3.8) is 0 Å². The van der Waals surface area contributed by atoms with Gasteiger partial charge in [0.25, 0.3) is 0 Å². The van der Waals surface area contributed by atoms with Crippen molar-refractivity contribution in [2.45, 2.75) is 32.2 Å². The predicted molar refractivity (Wildman–Crippen MR) is 72.8 cm³/mol. The lowest BCUT2D eigenvalue weighted by molar-refractivity contribution is 0.526. The molecule has 1 aromatic rings. The molecular formula is C13H20N2O2S. The second-order valence-corrected chi connectivity index (χ2v) is 6.70. The number of hydrogen-bond acceptors (Lipinski definition) is 3. The highest BCUT2D eigenvalue weighted by atomic mass is 32.2. The fourth-order valence-corrected chi connectivity index (χ4v) is 3.03. The SMILES string of the molecule is Cc1ccc2c(c1)C(NCCCS(N)(=O)=O)CC2. The maximum Gasteiger partial charge on any atom is 0.209 e. The largest absolute Gasteiger partial charge is 0.310 e. The van der Waals surface area contributed by atoms with Gasteiger partial charge in [0.1, 0.15) is 0 Å². The van der Waals surface area contributed by atoms with E-state index in [4.69, 9.17) is 5.14 Å². The zero-order valence-corrected chi connectivity index (χ0v) is 11.5. The molecule has 0 radical (unpaired) electrons. The Morgan fingerprint density at radius 3 is 2.94 bits per heavy atom. The second-order valence-electron chi connectivity index (χ2n) is 4.97. The Hall–Kier alpha value is -0.910. The minimum absolute atomic E-state index is 0.0490. The van der Waals surface area contributed by atoms with Crippen LogP contribution in [0.2, 0.25) is 0 Å². The van der Waals surface area contributed by atoms with Crippen LogP contribution in [0.1, 0.15) is 35.6 Å². The molecule has 1 atom stereocenters. The Morgan fingerprint density at radius 1 is 1.44 bits per heavy atom. The molecular weight excluding hydrogens is 248 g/mol. The molecule has 0 heterocycles. The van der Waals surface area contributed by atoms with Crippen LogP contribution in [0.3, 0.4) is 0 Å². The van der Waals surface area contributed by atoms with Crippen LogP contribution in [-0.2, 0) is 16.4 Å². The molecule has 1 aliphatic carbocycles. The lowest BCUT2D eigenvalue weighted by atomic mass is 10.1. The van der Waals surface area contributed by atoms with E-state index in [2.05, 4.69) is 30.4 Å². The van der Waals surface area contributed by atoms with Gasteiger partial charge in [0.15, 0.2) is 0 Å². The fraction of sp³-hybridized carbons (Fsp3) is 0.538. The van der Waals surface area contributed by atoms with Crippen molar-refractivity contribution >= 4 is 10.0 Å². The molecule has 1 aliphatic rings. The highest BCUT2D eigenvalue weighted by molar-refractivity contribution is 7.89. The summed E-state index contributed by atoms with van der Waals surface area (Å²) in [5.41, 5.74) is 4.04. The zero-order chi connectivity index (χ0) is 13.2. The molecule has 0 bridgehead atoms. The molecule has 0 amide bonds. The quantitative estimate of drug-likeness (QED) is 0.789. The zero-order valence-electron chi connectivity index (χ0n) is 10.6. The van der Waals surface area contributed by atoms with E-state index in [1.807, 2.05) is 0 Å². The van der Waals surface area contributed by atoms with Gasteiger partial charge in [0.05, 0.1) is 5.75 Å². The Morgan fingerprint density at radius 2 is 2.22 bits per heavy atom. The van der Waals surface area contributed by atoms with Crippen molar-refractivity contribution in [3.8, 4) is 0 Å². The molecule has 1 unspecified atom stereocenters. The Labute approximate surface area is 109 Å². The molecule has 100 valence electrons. The van der Waals surface area contributed by atoms with Crippen LogP contribution in [-0.4, -0.2) is 20.7 Å². The first-order valence-electron chi connectivity index (χ1n) is 6.29. The lowest BCUT2D eigenvalue weighted by Gasteiger charge is -2.14. The molecule has 1 aromatic carbocycles. The van der Waals surface area contributed by atoms with Crippen LogP contribution >= 0.6 is 0 Å². The standard InChI is InChI=1S/C13H20N2O2S/c1-10-3-4-11-5-6-13(12(11)9-10)15-7-2-8-18(14,16)17/h3-4,9,13,15H,2,5-8H2,1H3,(H2,14,16,17). The number of hydrogen-bond donors (Lipinski definition) is 2. The van der Waals surface area contributed by atoms with Crippen molar-refractivity contribution in [3.05, 3.63) is 34.9 Å². The minimum Gasteiger partial charge on any atom is -0.310 e. The molecule has 0 aromatic heterocycles. The molecule has 0 saturated carbocycles. The maximum atomic E-state index is 10.8. The number of benzene rings is 1. The van der Waals surface area contributed by atoms with Gasteiger partial charge in [-0.05, 0) is 43.9 Å². The van der Waals surface area contributed by atoms with Gasteiger partial charge in [-0.2, -0.15) is 0 Å². The van der Waals surface area contributed by atoms with Crippen LogP contribution in [0.5, 0.6) is 0 Å². The average molecular weight is 268 g/mol. The van der Waals surface area contributed by atoms with E-state index in [1.165, 1.54) is 16.7 Å². The van der Waals surface area contributed by atoms with Gasteiger partial charge in [0, 0.05) is 6.04 Å². The monoisotopic (exact) mass is 268 g/mol. The van der Waals surface area contributed by atoms with Gasteiger partial charge < -0.3 is 5.32 Å². The topological polar surface area (TPSA) is 72.2 Å². The van der Waals surface area contributed by atoms with Gasteiger partial charge in [-0.1, -0.05) is 23.8 Å². The number of aryl methyl sites for hydroxylation is 2. The first-order valence-corrected chi connectivity index (χ1v) is 8.00. The van der Waals surface area contributed by atoms with Crippen LogP contribution in [0.4, 0.5) is 0 Å². The molecule has 18 heavy (non-hydrogen) atoms. The summed E-state index contributed by atoms with van der Waals surface area (Å²) in [6.45, 7) is 2.78. The van der Waals surface area contributed by atoms with E-state index in [9.17, 15) is 8.42 Å². The number of primary sulfonamides is 1. The summed E-state index contributed by atoms with van der Waals surface area (Å²) in [5, 5.41) is 8.39. The average Bonchev–Trinajstić information content (AvgIpc) is 2.66. The smallest absolute Gasteiger partial charge is 0.209 e. The first kappa shape index (κ1) is 13.5. The van der Waals surface area contributed by atoms with E-state index in [0.29, 0.717) is 19.0 Å². The molecule has 5 heteroatoms. The molecule has 0 aliphatic heterocycles. The summed E-state index contributed by atoms with van der Waals surface area (Å²) < 4.78 is 21.6. The molecule has 4 nitrogen and oxygen atoms in total. The third kappa shape index (κ3) is 3.54. The summed E-state index contributed by atoms with van der Waals surface area (Å²) in [6.07, 6.45) is 2.76. The predicted octanol–water partition coefficient (Wildman–Crippen LogP) is 1.25. The molecule has 2 rings (SSSR count). The molecule has 0 fully saturated rings. The van der Waals surface area contributed by atoms with E-state index in [1.54, 1.807) is 0 Å².